The maximum absolute atomic E-state index is 13.3. The lowest BCUT2D eigenvalue weighted by Crippen LogP contribution is -2.41. The second-order valence-corrected chi connectivity index (χ2v) is 10.5. The van der Waals surface area contributed by atoms with Crippen LogP contribution in [0.1, 0.15) is 27.9 Å². The number of ether oxygens (including phenoxy) is 4. The summed E-state index contributed by atoms with van der Waals surface area (Å²) < 4.78 is 21.9. The van der Waals surface area contributed by atoms with E-state index < -0.39 is 6.10 Å². The zero-order chi connectivity index (χ0) is 27.5. The highest BCUT2D eigenvalue weighted by Gasteiger charge is 2.31. The number of fused-ring (bicyclic) bond motifs is 2. The molecule has 216 valence electrons. The van der Waals surface area contributed by atoms with Gasteiger partial charge in [0.1, 0.15) is 0 Å². The summed E-state index contributed by atoms with van der Waals surface area (Å²) in [5.41, 5.74) is 2.80. The average Bonchev–Trinajstić information content (AvgIpc) is 3.39. The van der Waals surface area contributed by atoms with Crippen molar-refractivity contribution in [2.45, 2.75) is 25.4 Å². The number of aliphatic hydroxyl groups excluding tert-OH is 1. The van der Waals surface area contributed by atoms with Crippen LogP contribution in [0.2, 0.25) is 0 Å². The van der Waals surface area contributed by atoms with Gasteiger partial charge in [-0.3, -0.25) is 4.79 Å². The summed E-state index contributed by atoms with van der Waals surface area (Å²) in [5.74, 6) is 3.08. The van der Waals surface area contributed by atoms with E-state index in [-0.39, 0.29) is 18.3 Å². The van der Waals surface area contributed by atoms with Crippen LogP contribution in [0, 0.1) is 5.92 Å². The molecule has 40 heavy (non-hydrogen) atoms. The molecule has 8 nitrogen and oxygen atoms in total. The number of hydrogen-bond acceptors (Lipinski definition) is 7. The van der Waals surface area contributed by atoms with Gasteiger partial charge >= 0.3 is 0 Å². The maximum Gasteiger partial charge on any atom is 0.254 e. The number of methoxy groups -OCH3 is 4. The highest BCUT2D eigenvalue weighted by atomic mass is 35.5. The lowest BCUT2D eigenvalue weighted by Gasteiger charge is -2.31. The van der Waals surface area contributed by atoms with E-state index in [9.17, 15) is 9.90 Å². The maximum atomic E-state index is 13.3. The number of amides is 1. The van der Waals surface area contributed by atoms with Gasteiger partial charge in [-0.15, -0.1) is 12.4 Å². The summed E-state index contributed by atoms with van der Waals surface area (Å²) in [6.45, 7) is 3.83. The van der Waals surface area contributed by atoms with E-state index >= 15 is 0 Å². The summed E-state index contributed by atoms with van der Waals surface area (Å²) in [4.78, 5) is 17.6. The first-order valence-corrected chi connectivity index (χ1v) is 13.5. The Labute approximate surface area is 242 Å². The minimum Gasteiger partial charge on any atom is -0.493 e. The molecule has 5 rings (SSSR count). The van der Waals surface area contributed by atoms with Crippen molar-refractivity contribution in [2.24, 2.45) is 5.92 Å². The molecule has 0 bridgehead atoms. The third-order valence-electron chi connectivity index (χ3n) is 8.04. The van der Waals surface area contributed by atoms with E-state index in [0.717, 1.165) is 54.4 Å². The van der Waals surface area contributed by atoms with Crippen molar-refractivity contribution >= 4 is 29.1 Å². The second-order valence-electron chi connectivity index (χ2n) is 10.5. The van der Waals surface area contributed by atoms with Crippen molar-refractivity contribution in [1.29, 1.82) is 0 Å². The molecule has 9 heteroatoms. The van der Waals surface area contributed by atoms with E-state index in [1.807, 2.05) is 35.2 Å². The molecule has 0 radical (unpaired) electrons. The third kappa shape index (κ3) is 5.94. The first-order valence-electron chi connectivity index (χ1n) is 13.5. The van der Waals surface area contributed by atoms with Crippen LogP contribution in [0.5, 0.6) is 23.0 Å². The molecule has 0 aliphatic carbocycles. The topological polar surface area (TPSA) is 80.7 Å². The van der Waals surface area contributed by atoms with Gasteiger partial charge in [-0.05, 0) is 60.0 Å². The Hall–Kier alpha value is -3.20. The SMILES string of the molecule is COc1cc2c(cc1OC)C(=O)N(CC1CCN(CC(O)Cc3cccc4c(OC)c(OC)ccc34)C1)CC2.Cl. The summed E-state index contributed by atoms with van der Waals surface area (Å²) >= 11 is 0. The van der Waals surface area contributed by atoms with E-state index in [1.165, 1.54) is 0 Å². The largest absolute Gasteiger partial charge is 0.493 e. The molecule has 3 aromatic carbocycles. The van der Waals surface area contributed by atoms with Gasteiger partial charge in [0.15, 0.2) is 23.0 Å². The minimum atomic E-state index is -0.492. The summed E-state index contributed by atoms with van der Waals surface area (Å²) in [6, 6.07) is 13.7. The molecule has 1 amide bonds. The van der Waals surface area contributed by atoms with Crippen LogP contribution in [-0.2, 0) is 12.8 Å². The van der Waals surface area contributed by atoms with Gasteiger partial charge in [0.05, 0.1) is 34.5 Å². The van der Waals surface area contributed by atoms with Crippen LogP contribution in [0.25, 0.3) is 10.8 Å². The van der Waals surface area contributed by atoms with Crippen LogP contribution in [0.15, 0.2) is 42.5 Å². The van der Waals surface area contributed by atoms with E-state index in [4.69, 9.17) is 18.9 Å². The van der Waals surface area contributed by atoms with Crippen molar-refractivity contribution in [3.8, 4) is 23.0 Å². The molecular formula is C31H39ClN2O6. The highest BCUT2D eigenvalue weighted by Crippen LogP contribution is 2.37. The van der Waals surface area contributed by atoms with Crippen LogP contribution in [0.3, 0.4) is 0 Å². The molecule has 1 fully saturated rings. The minimum absolute atomic E-state index is 0. The van der Waals surface area contributed by atoms with Crippen LogP contribution in [0.4, 0.5) is 0 Å². The molecule has 2 unspecified atom stereocenters. The van der Waals surface area contributed by atoms with Gasteiger partial charge in [0.2, 0.25) is 0 Å². The van der Waals surface area contributed by atoms with Gasteiger partial charge in [-0.2, -0.15) is 0 Å². The zero-order valence-electron chi connectivity index (χ0n) is 23.6. The first-order chi connectivity index (χ1) is 18.9. The Morgan fingerprint density at radius 3 is 2.40 bits per heavy atom. The van der Waals surface area contributed by atoms with E-state index in [1.54, 1.807) is 34.5 Å². The Balaban J connectivity index is 0.00000370. The van der Waals surface area contributed by atoms with Gasteiger partial charge in [0, 0.05) is 43.5 Å². The van der Waals surface area contributed by atoms with Gasteiger partial charge in [0.25, 0.3) is 5.91 Å². The average molecular weight is 571 g/mol. The second kappa shape index (κ2) is 13.0. The highest BCUT2D eigenvalue weighted by molar-refractivity contribution is 5.97. The van der Waals surface area contributed by atoms with Gasteiger partial charge in [-0.25, -0.2) is 0 Å². The van der Waals surface area contributed by atoms with Crippen LogP contribution < -0.4 is 18.9 Å². The zero-order valence-corrected chi connectivity index (χ0v) is 24.5. The Morgan fingerprint density at radius 2 is 1.68 bits per heavy atom. The number of carbonyl (C=O) groups is 1. The van der Waals surface area contributed by atoms with Crippen molar-refractivity contribution in [3.05, 3.63) is 59.2 Å². The monoisotopic (exact) mass is 570 g/mol. The molecule has 2 heterocycles. The van der Waals surface area contributed by atoms with Crippen LogP contribution in [-0.4, -0.2) is 88.1 Å². The first kappa shape index (κ1) is 29.8. The molecule has 2 aliphatic heterocycles. The molecule has 1 N–H and O–H groups in total. The fraction of sp³-hybridized carbons (Fsp3) is 0.452. The predicted octanol–water partition coefficient (Wildman–Crippen LogP) is 4.22. The van der Waals surface area contributed by atoms with E-state index in [0.29, 0.717) is 54.0 Å². The summed E-state index contributed by atoms with van der Waals surface area (Å²) in [7, 11) is 6.48. The Morgan fingerprint density at radius 1 is 0.925 bits per heavy atom. The van der Waals surface area contributed by atoms with E-state index in [2.05, 4.69) is 11.0 Å². The lowest BCUT2D eigenvalue weighted by atomic mass is 9.96. The molecule has 2 atom stereocenters. The fourth-order valence-corrected chi connectivity index (χ4v) is 6.11. The number of likely N-dealkylation sites (tertiary alicyclic amines) is 1. The van der Waals surface area contributed by atoms with Crippen molar-refractivity contribution < 1.29 is 28.8 Å². The molecule has 0 aromatic heterocycles. The Bertz CT molecular complexity index is 1350. The van der Waals surface area contributed by atoms with Crippen molar-refractivity contribution in [1.82, 2.24) is 9.80 Å². The fourth-order valence-electron chi connectivity index (χ4n) is 6.11. The summed E-state index contributed by atoms with van der Waals surface area (Å²) in [5, 5.41) is 13.1. The number of hydrogen-bond donors (Lipinski definition) is 1. The summed E-state index contributed by atoms with van der Waals surface area (Å²) in [6.07, 6.45) is 1.88. The number of benzene rings is 3. The normalized spacial score (nSPS) is 17.8. The van der Waals surface area contributed by atoms with Crippen LogP contribution >= 0.6 is 12.4 Å². The number of rotatable bonds is 10. The standard InChI is InChI=1S/C31H38N2O6.ClH/c1-36-27-9-8-24-21(6-5-7-25(24)30(27)39-4)14-23(34)19-32-12-10-20(17-32)18-33-13-11-22-15-28(37-2)29(38-3)16-26(22)31(33)35;/h5-9,15-16,20,23,34H,10-14,17-19H2,1-4H3;1H. The predicted molar refractivity (Wildman–Crippen MR) is 158 cm³/mol. The van der Waals surface area contributed by atoms with Gasteiger partial charge < -0.3 is 33.9 Å². The smallest absolute Gasteiger partial charge is 0.254 e. The molecular weight excluding hydrogens is 532 g/mol. The molecule has 0 spiro atoms. The number of nitrogens with zero attached hydrogens (tertiary/aromatic N) is 2. The lowest BCUT2D eigenvalue weighted by molar-refractivity contribution is 0.0707. The third-order valence-corrected chi connectivity index (χ3v) is 8.04. The number of carbonyl (C=O) groups excluding carboxylic acids is 1. The molecule has 1 saturated heterocycles. The van der Waals surface area contributed by atoms with Gasteiger partial charge in [-0.1, -0.05) is 24.3 Å². The number of aliphatic hydroxyl groups is 1. The van der Waals surface area contributed by atoms with Crippen molar-refractivity contribution in [3.63, 3.8) is 0 Å². The quantitative estimate of drug-likeness (QED) is 0.391. The number of halogens is 1. The van der Waals surface area contributed by atoms with Crippen molar-refractivity contribution in [2.75, 3.05) is 61.2 Å². The molecule has 2 aliphatic rings. The number of β-amino-alcohol motifs (C(OH)–C–C–N with tert-alkyl or cyclic N) is 1. The molecule has 3 aromatic rings. The Kier molecular flexibility index (Phi) is 9.66. The molecule has 0 saturated carbocycles.